The molecule has 0 bridgehead atoms. The number of halogens is 1. The third kappa shape index (κ3) is 5.09. The third-order valence-corrected chi connectivity index (χ3v) is 4.68. The highest BCUT2D eigenvalue weighted by Crippen LogP contribution is 2.38. The van der Waals surface area contributed by atoms with E-state index in [1.54, 1.807) is 23.1 Å². The van der Waals surface area contributed by atoms with E-state index in [4.69, 9.17) is 9.47 Å². The lowest BCUT2D eigenvalue weighted by atomic mass is 9.92. The summed E-state index contributed by atoms with van der Waals surface area (Å²) in [6, 6.07) is 10.7. The van der Waals surface area contributed by atoms with Crippen molar-refractivity contribution >= 4 is 23.2 Å². The van der Waals surface area contributed by atoms with Gasteiger partial charge in [-0.25, -0.2) is 4.39 Å². The summed E-state index contributed by atoms with van der Waals surface area (Å²) in [6.07, 6.45) is 0. The van der Waals surface area contributed by atoms with Crippen LogP contribution < -0.4 is 19.7 Å². The fraction of sp³-hybridized carbons (Fsp3) is 0.391. The maximum absolute atomic E-state index is 13.0. The summed E-state index contributed by atoms with van der Waals surface area (Å²) < 4.78 is 24.2. The number of rotatable bonds is 6. The van der Waals surface area contributed by atoms with Crippen molar-refractivity contribution in [1.82, 2.24) is 0 Å². The molecule has 2 aromatic rings. The first-order chi connectivity index (χ1) is 14.2. The molecule has 7 heteroatoms. The Morgan fingerprint density at radius 3 is 2.60 bits per heavy atom. The standard InChI is InChI=1S/C23H27FN2O4/c1-15(2)12-26-19-10-7-17(11-20(19)30-14-23(3,4)22(26)28)25-21(27)13-29-18-8-5-16(24)6-9-18/h5-11,15H,12-14H2,1-4H3,(H,25,27). The van der Waals surface area contributed by atoms with E-state index in [0.717, 1.165) is 0 Å². The van der Waals surface area contributed by atoms with Crippen LogP contribution in [-0.4, -0.2) is 31.6 Å². The summed E-state index contributed by atoms with van der Waals surface area (Å²) in [6.45, 7) is 8.46. The highest BCUT2D eigenvalue weighted by atomic mass is 19.1. The Morgan fingerprint density at radius 1 is 1.23 bits per heavy atom. The van der Waals surface area contributed by atoms with E-state index < -0.39 is 5.41 Å². The van der Waals surface area contributed by atoms with Crippen LogP contribution in [-0.2, 0) is 9.59 Å². The van der Waals surface area contributed by atoms with Gasteiger partial charge in [0, 0.05) is 18.3 Å². The molecule has 0 aromatic heterocycles. The van der Waals surface area contributed by atoms with Gasteiger partial charge < -0.3 is 19.7 Å². The SMILES string of the molecule is CC(C)CN1C(=O)C(C)(C)COc2cc(NC(=O)COc3ccc(F)cc3)ccc21. The normalized spacial score (nSPS) is 15.3. The zero-order chi connectivity index (χ0) is 21.9. The summed E-state index contributed by atoms with van der Waals surface area (Å²) in [5.41, 5.74) is 0.582. The highest BCUT2D eigenvalue weighted by Gasteiger charge is 2.38. The minimum atomic E-state index is -0.652. The van der Waals surface area contributed by atoms with Gasteiger partial charge in [-0.05, 0) is 56.2 Å². The van der Waals surface area contributed by atoms with Gasteiger partial charge in [-0.1, -0.05) is 13.8 Å². The lowest BCUT2D eigenvalue weighted by Gasteiger charge is -2.29. The van der Waals surface area contributed by atoms with Crippen molar-refractivity contribution in [3.8, 4) is 11.5 Å². The van der Waals surface area contributed by atoms with Crippen molar-refractivity contribution in [3.63, 3.8) is 0 Å². The number of hydrogen-bond donors (Lipinski definition) is 1. The van der Waals surface area contributed by atoms with E-state index >= 15 is 0 Å². The molecule has 2 amide bonds. The number of nitrogens with zero attached hydrogens (tertiary/aromatic N) is 1. The molecule has 0 saturated carbocycles. The first-order valence-electron chi connectivity index (χ1n) is 9.93. The van der Waals surface area contributed by atoms with Gasteiger partial charge in [-0.3, -0.25) is 9.59 Å². The highest BCUT2D eigenvalue weighted by molar-refractivity contribution is 6.00. The Kier molecular flexibility index (Phi) is 6.29. The predicted molar refractivity (Wildman–Crippen MR) is 113 cm³/mol. The molecule has 0 atom stereocenters. The van der Waals surface area contributed by atoms with Crippen molar-refractivity contribution in [2.45, 2.75) is 27.7 Å². The molecule has 160 valence electrons. The fourth-order valence-corrected chi connectivity index (χ4v) is 3.15. The summed E-state index contributed by atoms with van der Waals surface area (Å²) in [4.78, 5) is 27.0. The molecule has 1 aliphatic rings. The van der Waals surface area contributed by atoms with E-state index in [1.165, 1.54) is 24.3 Å². The average Bonchev–Trinajstić information content (AvgIpc) is 2.77. The molecule has 0 unspecified atom stereocenters. The lowest BCUT2D eigenvalue weighted by Crippen LogP contribution is -2.43. The Hall–Kier alpha value is -3.09. The van der Waals surface area contributed by atoms with Crippen LogP contribution in [0.1, 0.15) is 27.7 Å². The molecule has 30 heavy (non-hydrogen) atoms. The molecule has 0 fully saturated rings. The molecule has 0 saturated heterocycles. The van der Waals surface area contributed by atoms with Gasteiger partial charge in [0.1, 0.15) is 23.9 Å². The monoisotopic (exact) mass is 414 g/mol. The van der Waals surface area contributed by atoms with Crippen LogP contribution in [0, 0.1) is 17.2 Å². The minimum absolute atomic E-state index is 0.0134. The van der Waals surface area contributed by atoms with Gasteiger partial charge in [-0.2, -0.15) is 0 Å². The summed E-state index contributed by atoms with van der Waals surface area (Å²) >= 11 is 0. The smallest absolute Gasteiger partial charge is 0.262 e. The maximum atomic E-state index is 13.0. The van der Waals surface area contributed by atoms with Gasteiger partial charge in [0.15, 0.2) is 6.61 Å². The first kappa shape index (κ1) is 21.6. The number of ether oxygens (including phenoxy) is 2. The van der Waals surface area contributed by atoms with Crippen LogP contribution in [0.5, 0.6) is 11.5 Å². The van der Waals surface area contributed by atoms with E-state index in [1.807, 2.05) is 13.8 Å². The molecule has 6 nitrogen and oxygen atoms in total. The summed E-state index contributed by atoms with van der Waals surface area (Å²) in [7, 11) is 0. The van der Waals surface area contributed by atoms with E-state index in [-0.39, 0.29) is 30.8 Å². The van der Waals surface area contributed by atoms with Crippen LogP contribution in [0.25, 0.3) is 0 Å². The quantitative estimate of drug-likeness (QED) is 0.767. The van der Waals surface area contributed by atoms with Crippen LogP contribution in [0.3, 0.4) is 0 Å². The number of benzene rings is 2. The number of amides is 2. The van der Waals surface area contributed by atoms with Gasteiger partial charge in [0.05, 0.1) is 11.1 Å². The third-order valence-electron chi connectivity index (χ3n) is 4.68. The van der Waals surface area contributed by atoms with Gasteiger partial charge >= 0.3 is 0 Å². The Morgan fingerprint density at radius 2 is 1.93 bits per heavy atom. The minimum Gasteiger partial charge on any atom is -0.490 e. The van der Waals surface area contributed by atoms with Gasteiger partial charge in [0.25, 0.3) is 5.91 Å². The Labute approximate surface area is 176 Å². The second kappa shape index (κ2) is 8.73. The van der Waals surface area contributed by atoms with Crippen molar-refractivity contribution in [2.24, 2.45) is 11.3 Å². The lowest BCUT2D eigenvalue weighted by molar-refractivity contribution is -0.127. The average molecular weight is 414 g/mol. The molecule has 0 spiro atoms. The molecular weight excluding hydrogens is 387 g/mol. The molecule has 0 radical (unpaired) electrons. The summed E-state index contributed by atoms with van der Waals surface area (Å²) in [5.74, 6) is 0.528. The number of nitrogens with one attached hydrogen (secondary N) is 1. The van der Waals surface area contributed by atoms with E-state index in [2.05, 4.69) is 19.2 Å². The largest absolute Gasteiger partial charge is 0.490 e. The van der Waals surface area contributed by atoms with Crippen LogP contribution >= 0.6 is 0 Å². The van der Waals surface area contributed by atoms with Gasteiger partial charge in [-0.15, -0.1) is 0 Å². The van der Waals surface area contributed by atoms with Gasteiger partial charge in [0.2, 0.25) is 5.91 Å². The molecular formula is C23H27FN2O4. The van der Waals surface area contributed by atoms with Crippen LogP contribution in [0.2, 0.25) is 0 Å². The zero-order valence-electron chi connectivity index (χ0n) is 17.7. The Balaban J connectivity index is 1.73. The number of carbonyl (C=O) groups is 2. The molecule has 2 aromatic carbocycles. The molecule has 1 aliphatic heterocycles. The van der Waals surface area contributed by atoms with Crippen molar-refractivity contribution in [2.75, 3.05) is 30.0 Å². The number of anilines is 2. The second-order valence-electron chi connectivity index (χ2n) is 8.46. The molecule has 1 N–H and O–H groups in total. The number of hydrogen-bond acceptors (Lipinski definition) is 4. The molecule has 0 aliphatic carbocycles. The van der Waals surface area contributed by atoms with Crippen molar-refractivity contribution in [3.05, 3.63) is 48.3 Å². The zero-order valence-corrected chi connectivity index (χ0v) is 17.7. The van der Waals surface area contributed by atoms with Crippen LogP contribution in [0.15, 0.2) is 42.5 Å². The molecule has 1 heterocycles. The van der Waals surface area contributed by atoms with Crippen molar-refractivity contribution in [1.29, 1.82) is 0 Å². The van der Waals surface area contributed by atoms with E-state index in [0.29, 0.717) is 35.3 Å². The van der Waals surface area contributed by atoms with Crippen molar-refractivity contribution < 1.29 is 23.5 Å². The fourth-order valence-electron chi connectivity index (χ4n) is 3.15. The topological polar surface area (TPSA) is 67.9 Å². The summed E-state index contributed by atoms with van der Waals surface area (Å²) in [5, 5.41) is 2.76. The van der Waals surface area contributed by atoms with E-state index in [9.17, 15) is 14.0 Å². The Bertz CT molecular complexity index is 925. The van der Waals surface area contributed by atoms with Crippen LogP contribution in [0.4, 0.5) is 15.8 Å². The second-order valence-corrected chi connectivity index (χ2v) is 8.46. The first-order valence-corrected chi connectivity index (χ1v) is 9.93. The molecule has 3 rings (SSSR count). The maximum Gasteiger partial charge on any atom is 0.262 e. The predicted octanol–water partition coefficient (Wildman–Crippen LogP) is 4.25. The number of carbonyl (C=O) groups excluding carboxylic acids is 2. The number of fused-ring (bicyclic) bond motifs is 1.